The Morgan fingerprint density at radius 2 is 1.79 bits per heavy atom. The van der Waals surface area contributed by atoms with Crippen LogP contribution in [0.4, 0.5) is 5.69 Å². The van der Waals surface area contributed by atoms with Gasteiger partial charge in [0.25, 0.3) is 5.91 Å². The smallest absolute Gasteiger partial charge is 0.257 e. The second kappa shape index (κ2) is 10.4. The minimum absolute atomic E-state index is 0.0652. The number of aromatic nitrogens is 1. The number of fused-ring (bicyclic) bond motifs is 1. The lowest BCUT2D eigenvalue weighted by atomic mass is 10.1. The van der Waals surface area contributed by atoms with Crippen LogP contribution in [0.3, 0.4) is 0 Å². The monoisotopic (exact) mass is 513 g/mol. The molecule has 0 aliphatic heterocycles. The van der Waals surface area contributed by atoms with E-state index in [4.69, 9.17) is 44.6 Å². The number of hydrogen-bond donors (Lipinski definition) is 2. The minimum atomic E-state index is -0.306. The van der Waals surface area contributed by atoms with Crippen LogP contribution < -0.4 is 15.4 Å². The molecule has 0 radical (unpaired) electrons. The van der Waals surface area contributed by atoms with Crippen LogP contribution in [0.1, 0.15) is 35.7 Å². The molecule has 1 aromatic heterocycles. The topological polar surface area (TPSA) is 76.4 Å². The van der Waals surface area contributed by atoms with Crippen LogP contribution in [0.25, 0.3) is 11.1 Å². The number of halogens is 2. The number of benzene rings is 3. The average Bonchev–Trinajstić information content (AvgIpc) is 3.17. The van der Waals surface area contributed by atoms with Crippen molar-refractivity contribution < 1.29 is 13.9 Å². The molecule has 1 heterocycles. The van der Waals surface area contributed by atoms with Crippen LogP contribution in [0.5, 0.6) is 5.75 Å². The van der Waals surface area contributed by atoms with E-state index in [0.29, 0.717) is 44.8 Å². The third-order valence-corrected chi connectivity index (χ3v) is 5.44. The normalized spacial score (nSPS) is 11.0. The molecular weight excluding hydrogens is 493 g/mol. The van der Waals surface area contributed by atoms with E-state index in [9.17, 15) is 4.79 Å². The summed E-state index contributed by atoms with van der Waals surface area (Å²) < 4.78 is 11.4. The maximum atomic E-state index is 12.4. The van der Waals surface area contributed by atoms with Gasteiger partial charge in [-0.2, -0.15) is 0 Å². The summed E-state index contributed by atoms with van der Waals surface area (Å²) in [6.07, 6.45) is 0.552. The summed E-state index contributed by atoms with van der Waals surface area (Å²) in [5.41, 5.74) is 3.34. The number of hydrogen-bond acceptors (Lipinski definition) is 5. The molecule has 34 heavy (non-hydrogen) atoms. The quantitative estimate of drug-likeness (QED) is 0.281. The van der Waals surface area contributed by atoms with Crippen LogP contribution >= 0.6 is 35.4 Å². The fourth-order valence-corrected chi connectivity index (χ4v) is 3.99. The summed E-state index contributed by atoms with van der Waals surface area (Å²) >= 11 is 17.5. The number of carbonyl (C=O) groups excluding carboxylic acids is 1. The third-order valence-electron chi connectivity index (χ3n) is 4.74. The van der Waals surface area contributed by atoms with Gasteiger partial charge in [-0.25, -0.2) is 4.98 Å². The number of rotatable bonds is 6. The molecule has 0 aliphatic rings. The van der Waals surface area contributed by atoms with Gasteiger partial charge < -0.3 is 14.5 Å². The molecule has 0 bridgehead atoms. The first kappa shape index (κ1) is 24.0. The summed E-state index contributed by atoms with van der Waals surface area (Å²) in [5.74, 6) is 0.935. The number of thiocarbonyl (C=S) groups is 1. The zero-order chi connectivity index (χ0) is 24.2. The summed E-state index contributed by atoms with van der Waals surface area (Å²) in [4.78, 5) is 16.9. The Hall–Kier alpha value is -3.13. The second-order valence-electron chi connectivity index (χ2n) is 7.82. The molecule has 6 nitrogen and oxygen atoms in total. The highest BCUT2D eigenvalue weighted by Crippen LogP contribution is 2.29. The predicted octanol–water partition coefficient (Wildman–Crippen LogP) is 6.64. The van der Waals surface area contributed by atoms with E-state index in [-0.39, 0.29) is 17.1 Å². The molecule has 0 fully saturated rings. The lowest BCUT2D eigenvalue weighted by Gasteiger charge is -2.11. The van der Waals surface area contributed by atoms with Gasteiger partial charge in [-0.1, -0.05) is 35.3 Å². The van der Waals surface area contributed by atoms with Gasteiger partial charge >= 0.3 is 0 Å². The molecule has 0 saturated carbocycles. The molecule has 0 spiro atoms. The Bertz CT molecular complexity index is 1340. The minimum Gasteiger partial charge on any atom is -0.491 e. The van der Waals surface area contributed by atoms with Crippen molar-refractivity contribution in [3.8, 4) is 5.75 Å². The van der Waals surface area contributed by atoms with Crippen molar-refractivity contribution in [3.05, 3.63) is 87.7 Å². The van der Waals surface area contributed by atoms with Crippen molar-refractivity contribution >= 4 is 63.2 Å². The third kappa shape index (κ3) is 6.05. The van der Waals surface area contributed by atoms with Crippen LogP contribution in [0.15, 0.2) is 65.1 Å². The first-order valence-electron chi connectivity index (χ1n) is 10.5. The van der Waals surface area contributed by atoms with Gasteiger partial charge in [0.15, 0.2) is 16.6 Å². The molecule has 9 heteroatoms. The van der Waals surface area contributed by atoms with E-state index in [0.717, 1.165) is 11.3 Å². The number of anilines is 1. The van der Waals surface area contributed by atoms with Crippen LogP contribution in [0, 0.1) is 0 Å². The van der Waals surface area contributed by atoms with Crippen molar-refractivity contribution in [2.45, 2.75) is 26.4 Å². The summed E-state index contributed by atoms with van der Waals surface area (Å²) in [6.45, 7) is 3.89. The Morgan fingerprint density at radius 3 is 2.47 bits per heavy atom. The number of oxazole rings is 1. The molecule has 4 aromatic rings. The van der Waals surface area contributed by atoms with Gasteiger partial charge in [0.1, 0.15) is 11.3 Å². The highest BCUT2D eigenvalue weighted by Gasteiger charge is 2.12. The van der Waals surface area contributed by atoms with Gasteiger partial charge in [0.2, 0.25) is 0 Å². The molecule has 4 rings (SSSR count). The average molecular weight is 514 g/mol. The van der Waals surface area contributed by atoms with E-state index in [1.54, 1.807) is 36.4 Å². The summed E-state index contributed by atoms with van der Waals surface area (Å²) in [7, 11) is 0. The lowest BCUT2D eigenvalue weighted by Crippen LogP contribution is -2.34. The molecule has 3 aromatic carbocycles. The first-order valence-corrected chi connectivity index (χ1v) is 11.7. The lowest BCUT2D eigenvalue weighted by molar-refractivity contribution is 0.0977. The van der Waals surface area contributed by atoms with E-state index < -0.39 is 0 Å². The Kier molecular flexibility index (Phi) is 7.36. The van der Waals surface area contributed by atoms with Gasteiger partial charge in [0.05, 0.1) is 11.1 Å². The van der Waals surface area contributed by atoms with Crippen molar-refractivity contribution in [1.29, 1.82) is 0 Å². The number of ether oxygens (including phenoxy) is 1. The fourth-order valence-electron chi connectivity index (χ4n) is 3.26. The Balaban J connectivity index is 1.33. The Labute approximate surface area is 212 Å². The van der Waals surface area contributed by atoms with Gasteiger partial charge in [-0.05, 0) is 80.2 Å². The fraction of sp³-hybridized carbons (Fsp3) is 0.160. The van der Waals surface area contributed by atoms with Crippen LogP contribution in [-0.2, 0) is 6.42 Å². The van der Waals surface area contributed by atoms with Crippen LogP contribution in [-0.4, -0.2) is 22.1 Å². The molecule has 174 valence electrons. The molecule has 0 atom stereocenters. The maximum absolute atomic E-state index is 12.4. The van der Waals surface area contributed by atoms with Gasteiger partial charge in [-0.15, -0.1) is 0 Å². The number of carbonyl (C=O) groups is 1. The molecular formula is C25H21Cl2N3O3S. The number of amides is 1. The van der Waals surface area contributed by atoms with E-state index in [1.165, 1.54) is 0 Å². The van der Waals surface area contributed by atoms with Crippen molar-refractivity contribution in [2.24, 2.45) is 0 Å². The highest BCUT2D eigenvalue weighted by atomic mass is 35.5. The number of nitrogens with zero attached hydrogens (tertiary/aromatic N) is 1. The standard InChI is InChI=1S/C25H21Cl2N3O3S/c1-14(2)32-19-9-5-16(6-10-19)24(31)30-25(34)28-18-7-3-15(4-8-18)11-22-29-21-13-17(26)12-20(27)23(21)33-22/h3-10,12-14H,11H2,1-2H3,(H2,28,30,31,34). The van der Waals surface area contributed by atoms with Crippen LogP contribution in [0.2, 0.25) is 10.0 Å². The van der Waals surface area contributed by atoms with Gasteiger partial charge in [-0.3, -0.25) is 10.1 Å². The molecule has 1 amide bonds. The maximum Gasteiger partial charge on any atom is 0.257 e. The summed E-state index contributed by atoms with van der Waals surface area (Å²) in [6, 6.07) is 17.8. The molecule has 0 saturated heterocycles. The second-order valence-corrected chi connectivity index (χ2v) is 9.07. The first-order chi connectivity index (χ1) is 16.3. The summed E-state index contributed by atoms with van der Waals surface area (Å²) in [5, 5.41) is 6.82. The molecule has 0 unspecified atom stereocenters. The van der Waals surface area contributed by atoms with E-state index in [2.05, 4.69) is 15.6 Å². The molecule has 0 aliphatic carbocycles. The number of nitrogens with one attached hydrogen (secondary N) is 2. The van der Waals surface area contributed by atoms with Crippen molar-refractivity contribution in [1.82, 2.24) is 10.3 Å². The van der Waals surface area contributed by atoms with E-state index >= 15 is 0 Å². The van der Waals surface area contributed by atoms with Gasteiger partial charge in [0, 0.05) is 22.7 Å². The van der Waals surface area contributed by atoms with E-state index in [1.807, 2.05) is 38.1 Å². The Morgan fingerprint density at radius 1 is 1.09 bits per heavy atom. The zero-order valence-electron chi connectivity index (χ0n) is 18.4. The predicted molar refractivity (Wildman–Crippen MR) is 139 cm³/mol. The largest absolute Gasteiger partial charge is 0.491 e. The van der Waals surface area contributed by atoms with Crippen molar-refractivity contribution in [3.63, 3.8) is 0 Å². The highest BCUT2D eigenvalue weighted by molar-refractivity contribution is 7.80. The molecule has 2 N–H and O–H groups in total. The van der Waals surface area contributed by atoms with Crippen molar-refractivity contribution in [2.75, 3.05) is 5.32 Å². The SMILES string of the molecule is CC(C)Oc1ccc(C(=O)NC(=S)Nc2ccc(Cc3nc4cc(Cl)cc(Cl)c4o3)cc2)cc1. The zero-order valence-corrected chi connectivity index (χ0v) is 20.7.